The summed E-state index contributed by atoms with van der Waals surface area (Å²) in [5.74, 6) is 2.53. The number of nitrogens with zero attached hydrogens (tertiary/aromatic N) is 6. The van der Waals surface area contributed by atoms with Crippen LogP contribution in [0, 0.1) is 5.92 Å². The SMILES string of the molecule is CCC1C2=NC(CN2C)/N=N\C2CN(C)C1=N2.Cl. The zero-order valence-electron chi connectivity index (χ0n) is 10.9. The van der Waals surface area contributed by atoms with E-state index in [0.717, 1.165) is 31.2 Å². The monoisotopic (exact) mass is 270 g/mol. The number of rotatable bonds is 1. The van der Waals surface area contributed by atoms with Crippen LogP contribution in [0.2, 0.25) is 0 Å². The number of fused-ring (bicyclic) bond motifs is 2. The van der Waals surface area contributed by atoms with Gasteiger partial charge in [-0.25, -0.2) is 9.98 Å². The van der Waals surface area contributed by atoms with Gasteiger partial charge in [-0.1, -0.05) is 6.92 Å². The molecule has 100 valence electrons. The summed E-state index contributed by atoms with van der Waals surface area (Å²) >= 11 is 0. The molecule has 0 aromatic rings. The van der Waals surface area contributed by atoms with Crippen LogP contribution in [0.25, 0.3) is 0 Å². The molecule has 0 saturated carbocycles. The number of amidine groups is 2. The average Bonchev–Trinajstić information content (AvgIpc) is 2.84. The molecule has 18 heavy (non-hydrogen) atoms. The molecule has 6 nitrogen and oxygen atoms in total. The Labute approximate surface area is 113 Å². The number of hydrogen-bond donors (Lipinski definition) is 0. The molecule has 0 spiro atoms. The second kappa shape index (κ2) is 4.84. The van der Waals surface area contributed by atoms with Crippen LogP contribution in [0.1, 0.15) is 13.3 Å². The third-order valence-corrected chi connectivity index (χ3v) is 3.58. The predicted molar refractivity (Wildman–Crippen MR) is 73.6 cm³/mol. The lowest BCUT2D eigenvalue weighted by Crippen LogP contribution is -2.39. The second-order valence-corrected chi connectivity index (χ2v) is 4.89. The zero-order chi connectivity index (χ0) is 12.0. The molecule has 3 aliphatic rings. The summed E-state index contributed by atoms with van der Waals surface area (Å²) in [6, 6.07) is 0. The fraction of sp³-hybridized carbons (Fsp3) is 0.818. The maximum absolute atomic E-state index is 4.67. The third-order valence-electron chi connectivity index (χ3n) is 3.58. The van der Waals surface area contributed by atoms with Crippen LogP contribution in [-0.4, -0.2) is 61.0 Å². The summed E-state index contributed by atoms with van der Waals surface area (Å²) < 4.78 is 0. The van der Waals surface area contributed by atoms with Crippen LogP contribution in [0.5, 0.6) is 0 Å². The molecule has 2 atom stereocenters. The van der Waals surface area contributed by atoms with E-state index in [1.54, 1.807) is 0 Å². The van der Waals surface area contributed by atoms with Gasteiger partial charge in [0.15, 0.2) is 12.3 Å². The van der Waals surface area contributed by atoms with Gasteiger partial charge in [-0.2, -0.15) is 10.2 Å². The summed E-state index contributed by atoms with van der Waals surface area (Å²) in [6.07, 6.45) is 0.972. The molecule has 0 fully saturated rings. The molecule has 0 radical (unpaired) electrons. The Morgan fingerprint density at radius 2 is 1.44 bits per heavy atom. The van der Waals surface area contributed by atoms with Gasteiger partial charge in [0.2, 0.25) is 0 Å². The lowest BCUT2D eigenvalue weighted by molar-refractivity contribution is 0.471. The minimum atomic E-state index is -0.0236. The lowest BCUT2D eigenvalue weighted by Gasteiger charge is -2.25. The first-order valence-electron chi connectivity index (χ1n) is 6.16. The lowest BCUT2D eigenvalue weighted by atomic mass is 10.0. The van der Waals surface area contributed by atoms with E-state index in [1.165, 1.54) is 0 Å². The first-order valence-corrected chi connectivity index (χ1v) is 6.16. The second-order valence-electron chi connectivity index (χ2n) is 4.89. The average molecular weight is 271 g/mol. The van der Waals surface area contributed by atoms with Crippen molar-refractivity contribution in [2.75, 3.05) is 27.2 Å². The van der Waals surface area contributed by atoms with Gasteiger partial charge >= 0.3 is 0 Å². The molecular weight excluding hydrogens is 252 g/mol. The molecule has 4 bridgehead atoms. The van der Waals surface area contributed by atoms with Crippen molar-refractivity contribution >= 4 is 24.1 Å². The van der Waals surface area contributed by atoms with E-state index in [2.05, 4.69) is 51.0 Å². The van der Waals surface area contributed by atoms with Crippen molar-refractivity contribution in [2.45, 2.75) is 25.7 Å². The Kier molecular flexibility index (Phi) is 3.56. The normalized spacial score (nSPS) is 35.2. The van der Waals surface area contributed by atoms with E-state index in [-0.39, 0.29) is 24.7 Å². The summed E-state index contributed by atoms with van der Waals surface area (Å²) in [5.41, 5.74) is 0. The number of azo groups is 1. The largest absolute Gasteiger partial charge is 0.359 e. The van der Waals surface area contributed by atoms with E-state index in [0.29, 0.717) is 5.92 Å². The molecular formula is C11H19ClN6. The highest BCUT2D eigenvalue weighted by Gasteiger charge is 2.36. The summed E-state index contributed by atoms with van der Waals surface area (Å²) in [6.45, 7) is 3.88. The van der Waals surface area contributed by atoms with Gasteiger partial charge in [0, 0.05) is 14.1 Å². The molecule has 2 unspecified atom stereocenters. The van der Waals surface area contributed by atoms with Crippen LogP contribution >= 0.6 is 12.4 Å². The van der Waals surface area contributed by atoms with Gasteiger partial charge in [0.25, 0.3) is 0 Å². The molecule has 0 aliphatic carbocycles. The fourth-order valence-electron chi connectivity index (χ4n) is 2.73. The summed E-state index contributed by atoms with van der Waals surface area (Å²) in [4.78, 5) is 13.7. The van der Waals surface area contributed by atoms with Crippen LogP contribution in [0.15, 0.2) is 20.2 Å². The highest BCUT2D eigenvalue weighted by atomic mass is 35.5. The third kappa shape index (κ3) is 1.98. The smallest absolute Gasteiger partial charge is 0.179 e. The van der Waals surface area contributed by atoms with E-state index in [4.69, 9.17) is 0 Å². The molecule has 7 heteroatoms. The van der Waals surface area contributed by atoms with Crippen molar-refractivity contribution in [1.82, 2.24) is 9.80 Å². The molecule has 0 aromatic carbocycles. The summed E-state index contributed by atoms with van der Waals surface area (Å²) in [7, 11) is 4.15. The van der Waals surface area contributed by atoms with E-state index < -0.39 is 0 Å². The van der Waals surface area contributed by atoms with Crippen LogP contribution < -0.4 is 0 Å². The number of halogens is 1. The van der Waals surface area contributed by atoms with E-state index in [1.807, 2.05) is 0 Å². The fourth-order valence-corrected chi connectivity index (χ4v) is 2.73. The van der Waals surface area contributed by atoms with Crippen molar-refractivity contribution in [3.8, 4) is 0 Å². The van der Waals surface area contributed by atoms with Gasteiger partial charge in [0.1, 0.15) is 11.7 Å². The van der Waals surface area contributed by atoms with Gasteiger partial charge < -0.3 is 9.80 Å². The predicted octanol–water partition coefficient (Wildman–Crippen LogP) is 1.24. The quantitative estimate of drug-likeness (QED) is 0.720. The van der Waals surface area contributed by atoms with Gasteiger partial charge in [0.05, 0.1) is 19.0 Å². The molecule has 0 N–H and O–H groups in total. The van der Waals surface area contributed by atoms with Crippen LogP contribution in [0.4, 0.5) is 0 Å². The van der Waals surface area contributed by atoms with Crippen molar-refractivity contribution in [3.05, 3.63) is 0 Å². The van der Waals surface area contributed by atoms with Crippen molar-refractivity contribution < 1.29 is 0 Å². The Morgan fingerprint density at radius 1 is 1.00 bits per heavy atom. The maximum atomic E-state index is 4.67. The van der Waals surface area contributed by atoms with Crippen LogP contribution in [-0.2, 0) is 0 Å². The minimum absolute atomic E-state index is 0. The standard InChI is InChI=1S/C11H18N6.ClH/c1-4-7-10-12-8(5-16(10)2)14-15-9-6-17(3)11(7)13-9;/h7-9H,4-6H2,1-3H3;1H/b15-14-;. The van der Waals surface area contributed by atoms with Crippen molar-refractivity contribution in [2.24, 2.45) is 26.1 Å². The highest BCUT2D eigenvalue weighted by molar-refractivity contribution is 6.06. The zero-order valence-corrected chi connectivity index (χ0v) is 11.8. The maximum Gasteiger partial charge on any atom is 0.179 e. The van der Waals surface area contributed by atoms with Crippen LogP contribution in [0.3, 0.4) is 0 Å². The van der Waals surface area contributed by atoms with E-state index in [9.17, 15) is 0 Å². The van der Waals surface area contributed by atoms with Crippen molar-refractivity contribution in [1.29, 1.82) is 0 Å². The molecule has 3 rings (SSSR count). The molecule has 0 saturated heterocycles. The Balaban J connectivity index is 0.00000120. The molecule has 0 aromatic heterocycles. The van der Waals surface area contributed by atoms with Gasteiger partial charge in [-0.15, -0.1) is 12.4 Å². The topological polar surface area (TPSA) is 55.9 Å². The molecule has 3 heterocycles. The first-order chi connectivity index (χ1) is 8.19. The molecule has 3 aliphatic heterocycles. The minimum Gasteiger partial charge on any atom is -0.359 e. The Bertz CT molecular complexity index is 382. The van der Waals surface area contributed by atoms with E-state index >= 15 is 0 Å². The number of aliphatic imine (C=N–C) groups is 2. The Morgan fingerprint density at radius 3 is 1.83 bits per heavy atom. The Hall–Kier alpha value is -1.17. The number of likely N-dealkylation sites (N-methyl/N-ethyl adjacent to an activating group) is 2. The first kappa shape index (κ1) is 13.3. The number of hydrogen-bond acceptors (Lipinski definition) is 6. The highest BCUT2D eigenvalue weighted by Crippen LogP contribution is 2.25. The molecule has 0 amide bonds. The van der Waals surface area contributed by atoms with Gasteiger partial charge in [-0.05, 0) is 6.42 Å². The summed E-state index contributed by atoms with van der Waals surface area (Å²) in [5, 5.41) is 8.60. The van der Waals surface area contributed by atoms with Gasteiger partial charge in [-0.3, -0.25) is 0 Å². The van der Waals surface area contributed by atoms with Crippen molar-refractivity contribution in [3.63, 3.8) is 0 Å².